The number of thiazole rings is 1. The van der Waals surface area contributed by atoms with E-state index in [1.165, 1.54) is 4.90 Å². The molecule has 0 bridgehead atoms. The van der Waals surface area contributed by atoms with Crippen molar-refractivity contribution in [2.75, 3.05) is 18.4 Å². The summed E-state index contributed by atoms with van der Waals surface area (Å²) in [4.78, 5) is 65.0. The summed E-state index contributed by atoms with van der Waals surface area (Å²) in [7, 11) is 0. The van der Waals surface area contributed by atoms with Gasteiger partial charge >= 0.3 is 0 Å². The second kappa shape index (κ2) is 17.6. The Labute approximate surface area is 344 Å². The molecular formula is C42H46N10O6S. The van der Waals surface area contributed by atoms with E-state index in [1.54, 1.807) is 64.3 Å². The van der Waals surface area contributed by atoms with Gasteiger partial charge in [0.1, 0.15) is 24.2 Å². The summed E-state index contributed by atoms with van der Waals surface area (Å²) >= 11 is 1.57. The van der Waals surface area contributed by atoms with Crippen LogP contribution in [0, 0.1) is 12.3 Å². The molecule has 1 aliphatic heterocycles. The van der Waals surface area contributed by atoms with Crippen molar-refractivity contribution in [2.45, 2.75) is 71.8 Å². The Bertz CT molecular complexity index is 2420. The summed E-state index contributed by atoms with van der Waals surface area (Å²) in [6.45, 7) is 8.08. The number of aliphatic hydroxyl groups excluding tert-OH is 1. The first-order chi connectivity index (χ1) is 28.4. The van der Waals surface area contributed by atoms with Crippen molar-refractivity contribution in [1.82, 2.24) is 45.4 Å². The predicted octanol–water partition coefficient (Wildman–Crippen LogP) is 4.36. The van der Waals surface area contributed by atoms with Crippen LogP contribution in [0.3, 0.4) is 0 Å². The number of fused-ring (bicyclic) bond motifs is 1. The molecule has 5 N–H and O–H groups in total. The molecule has 2 aromatic carbocycles. The highest BCUT2D eigenvalue weighted by atomic mass is 32.1. The summed E-state index contributed by atoms with van der Waals surface area (Å²) in [5.74, 6) is -0.372. The lowest BCUT2D eigenvalue weighted by Gasteiger charge is -2.35. The number of aryl methyl sites for hydroxylation is 1. The second-order valence-electron chi connectivity index (χ2n) is 15.5. The van der Waals surface area contributed by atoms with Crippen LogP contribution in [0.25, 0.3) is 27.2 Å². The molecule has 0 radical (unpaired) electrons. The molecule has 0 spiro atoms. The van der Waals surface area contributed by atoms with Crippen LogP contribution in [0.1, 0.15) is 61.0 Å². The van der Waals surface area contributed by atoms with Gasteiger partial charge in [0.2, 0.25) is 23.7 Å². The average molecular weight is 819 g/mol. The van der Waals surface area contributed by atoms with Gasteiger partial charge < -0.3 is 35.7 Å². The molecule has 0 saturated carbocycles. The zero-order valence-corrected chi connectivity index (χ0v) is 34.0. The number of nitrogens with one attached hydrogen (secondary N) is 4. The van der Waals surface area contributed by atoms with E-state index in [0.717, 1.165) is 38.6 Å². The lowest BCUT2D eigenvalue weighted by atomic mass is 9.85. The number of benzene rings is 2. The van der Waals surface area contributed by atoms with E-state index >= 15 is 0 Å². The number of aliphatic hydroxyl groups is 1. The Morgan fingerprint density at radius 3 is 2.44 bits per heavy atom. The van der Waals surface area contributed by atoms with E-state index in [2.05, 4.69) is 41.4 Å². The normalized spacial score (nSPS) is 15.8. The van der Waals surface area contributed by atoms with Crippen molar-refractivity contribution in [3.05, 3.63) is 108 Å². The molecule has 7 rings (SSSR count). The molecule has 16 nitrogen and oxygen atoms in total. The molecule has 306 valence electrons. The Hall–Kier alpha value is -6.46. The van der Waals surface area contributed by atoms with Crippen LogP contribution in [0.15, 0.2) is 89.4 Å². The summed E-state index contributed by atoms with van der Waals surface area (Å²) in [6, 6.07) is 16.5. The number of nitrogens with zero attached hydrogens (tertiary/aromatic N) is 6. The summed E-state index contributed by atoms with van der Waals surface area (Å²) in [5.41, 5.74) is 6.43. The number of carbonyl (C=O) groups is 4. The minimum Gasteiger partial charge on any atom is -0.467 e. The largest absolute Gasteiger partial charge is 0.467 e. The van der Waals surface area contributed by atoms with Crippen LogP contribution in [-0.2, 0) is 27.5 Å². The van der Waals surface area contributed by atoms with Gasteiger partial charge in [0, 0.05) is 49.8 Å². The lowest BCUT2D eigenvalue weighted by Crippen LogP contribution is -2.57. The molecule has 59 heavy (non-hydrogen) atoms. The number of likely N-dealkylation sites (tertiary alicyclic amines) is 1. The fourth-order valence-corrected chi connectivity index (χ4v) is 7.75. The number of β-amino-alcohol motifs (C(OH)–C–C–N with tert-alkyl or cyclic N) is 1. The van der Waals surface area contributed by atoms with Crippen LogP contribution < -0.4 is 21.3 Å². The van der Waals surface area contributed by atoms with Crippen LogP contribution in [-0.4, -0.2) is 89.5 Å². The van der Waals surface area contributed by atoms with Gasteiger partial charge in [-0.05, 0) is 53.3 Å². The van der Waals surface area contributed by atoms with Gasteiger partial charge in [-0.1, -0.05) is 57.2 Å². The maximum atomic E-state index is 14.0. The molecular weight excluding hydrogens is 773 g/mol. The molecule has 5 heterocycles. The zero-order chi connectivity index (χ0) is 41.7. The van der Waals surface area contributed by atoms with E-state index in [0.29, 0.717) is 23.7 Å². The molecule has 1 fully saturated rings. The molecule has 4 amide bonds. The first kappa shape index (κ1) is 40.7. The van der Waals surface area contributed by atoms with Gasteiger partial charge in [-0.2, -0.15) is 0 Å². The fourth-order valence-electron chi connectivity index (χ4n) is 6.94. The second-order valence-corrected chi connectivity index (χ2v) is 16.3. The van der Waals surface area contributed by atoms with Crippen LogP contribution in [0.5, 0.6) is 0 Å². The van der Waals surface area contributed by atoms with Crippen LogP contribution in [0.4, 0.5) is 5.95 Å². The van der Waals surface area contributed by atoms with Crippen molar-refractivity contribution in [2.24, 2.45) is 5.41 Å². The van der Waals surface area contributed by atoms with Gasteiger partial charge in [-0.3, -0.25) is 23.6 Å². The van der Waals surface area contributed by atoms with Crippen molar-refractivity contribution < 1.29 is 28.7 Å². The van der Waals surface area contributed by atoms with Crippen molar-refractivity contribution in [1.29, 1.82) is 0 Å². The number of hydrogen-bond donors (Lipinski definition) is 5. The average Bonchev–Trinajstić information content (AvgIpc) is 4.06. The lowest BCUT2D eigenvalue weighted by molar-refractivity contribution is -0.144. The number of carbonyl (C=O) groups excluding carboxylic acids is 4. The molecule has 1 saturated heterocycles. The quantitative estimate of drug-likeness (QED) is 0.104. The van der Waals surface area contributed by atoms with Gasteiger partial charge in [0.15, 0.2) is 5.65 Å². The zero-order valence-electron chi connectivity index (χ0n) is 33.1. The molecule has 1 aliphatic rings. The van der Waals surface area contributed by atoms with Gasteiger partial charge in [0.05, 0.1) is 35.0 Å². The van der Waals surface area contributed by atoms with Crippen molar-refractivity contribution in [3.8, 4) is 21.6 Å². The Morgan fingerprint density at radius 1 is 0.983 bits per heavy atom. The molecule has 6 aromatic rings. The SMILES string of the molecule is Cc1ncsc1-c1ccc(CNC(=O)[C@@H]2C[C@@H](O)CN2C(=O)[C@@H](NC(=O)CCNC(=O)c2ccc(-c3cnc(NCc4ccco4)n4cnnc34)cc2)C(C)(C)C)cc1. The number of aromatic nitrogens is 5. The smallest absolute Gasteiger partial charge is 0.251 e. The minimum absolute atomic E-state index is 0.0203. The molecule has 0 aliphatic carbocycles. The third-order valence-electron chi connectivity index (χ3n) is 10.1. The third-order valence-corrected chi connectivity index (χ3v) is 11.1. The Kier molecular flexibility index (Phi) is 12.1. The highest BCUT2D eigenvalue weighted by Gasteiger charge is 2.44. The Morgan fingerprint density at radius 2 is 1.75 bits per heavy atom. The number of anilines is 1. The van der Waals surface area contributed by atoms with Gasteiger partial charge in [-0.15, -0.1) is 21.5 Å². The highest BCUT2D eigenvalue weighted by molar-refractivity contribution is 7.13. The van der Waals surface area contributed by atoms with E-state index in [1.807, 2.05) is 64.1 Å². The third kappa shape index (κ3) is 9.48. The first-order valence-electron chi connectivity index (χ1n) is 19.2. The van der Waals surface area contributed by atoms with E-state index in [9.17, 15) is 24.3 Å². The maximum Gasteiger partial charge on any atom is 0.251 e. The highest BCUT2D eigenvalue weighted by Crippen LogP contribution is 2.29. The minimum atomic E-state index is -0.992. The molecule has 0 unspecified atom stereocenters. The topological polar surface area (TPSA) is 209 Å². The molecule has 4 aromatic heterocycles. The van der Waals surface area contributed by atoms with E-state index < -0.39 is 35.4 Å². The van der Waals surface area contributed by atoms with E-state index in [-0.39, 0.29) is 44.3 Å². The van der Waals surface area contributed by atoms with Crippen molar-refractivity contribution >= 4 is 46.6 Å². The number of rotatable bonds is 14. The van der Waals surface area contributed by atoms with Crippen LogP contribution in [0.2, 0.25) is 0 Å². The predicted molar refractivity (Wildman–Crippen MR) is 221 cm³/mol. The molecule has 3 atom stereocenters. The number of hydrogen-bond acceptors (Lipinski definition) is 12. The van der Waals surface area contributed by atoms with Gasteiger partial charge in [0.25, 0.3) is 5.91 Å². The van der Waals surface area contributed by atoms with Gasteiger partial charge in [-0.25, -0.2) is 9.97 Å². The summed E-state index contributed by atoms with van der Waals surface area (Å²) < 4.78 is 7.12. The van der Waals surface area contributed by atoms with E-state index in [4.69, 9.17) is 4.42 Å². The Balaban J connectivity index is 0.911. The fraction of sp³-hybridized carbons (Fsp3) is 0.333. The molecule has 17 heteroatoms. The monoisotopic (exact) mass is 818 g/mol. The summed E-state index contributed by atoms with van der Waals surface area (Å²) in [6.07, 6.45) is 3.96. The van der Waals surface area contributed by atoms with Crippen LogP contribution >= 0.6 is 11.3 Å². The number of amides is 4. The maximum absolute atomic E-state index is 14.0. The standard InChI is InChI=1S/C42H46N10O6S/c1-25-35(59-24-47-25)28-9-7-26(8-10-28)19-44-39(56)33-18-30(53)22-51(33)40(57)36(42(2,3)4)49-34(54)15-16-43-38(55)29-13-11-27(12-14-29)32-21-46-41(52-23-48-50-37(32)52)45-20-31-6-5-17-58-31/h5-14,17,21,23-24,30,33,36,53H,15-16,18-20,22H2,1-4H3,(H,43,55)(H,44,56)(H,45,46)(H,49,54)/t30-,33+,36-/m1/s1. The summed E-state index contributed by atoms with van der Waals surface area (Å²) in [5, 5.41) is 30.6. The van der Waals surface area contributed by atoms with Crippen molar-refractivity contribution in [3.63, 3.8) is 0 Å². The number of furan rings is 1. The first-order valence-corrected chi connectivity index (χ1v) is 20.1.